The summed E-state index contributed by atoms with van der Waals surface area (Å²) in [5.74, 6) is -0.733. The average Bonchev–Trinajstić information content (AvgIpc) is 2.67. The molecule has 0 aromatic heterocycles. The fraction of sp³-hybridized carbons (Fsp3) is 0.455. The van der Waals surface area contributed by atoms with Crippen LogP contribution in [-0.4, -0.2) is 63.3 Å². The highest BCUT2D eigenvalue weighted by Crippen LogP contribution is 2.24. The van der Waals surface area contributed by atoms with E-state index in [9.17, 15) is 19.8 Å². The van der Waals surface area contributed by atoms with E-state index >= 15 is 0 Å². The van der Waals surface area contributed by atoms with Gasteiger partial charge in [0.15, 0.2) is 6.23 Å². The number of nitrogens with one attached hydrogen (secondary N) is 1. The van der Waals surface area contributed by atoms with E-state index in [-0.39, 0.29) is 0 Å². The van der Waals surface area contributed by atoms with Gasteiger partial charge in [-0.25, -0.2) is 4.79 Å². The third kappa shape index (κ3) is 3.18. The molecule has 1 aliphatic rings. The molecule has 1 heterocycles. The second-order valence-corrected chi connectivity index (χ2v) is 3.82. The monoisotopic (exact) mass is 272 g/mol. The molecule has 4 atom stereocenters. The molecule has 8 heteroatoms. The van der Waals surface area contributed by atoms with Gasteiger partial charge in [0.25, 0.3) is 5.91 Å². The van der Waals surface area contributed by atoms with E-state index in [4.69, 9.17) is 9.84 Å². The minimum atomic E-state index is -1.43. The van der Waals surface area contributed by atoms with Gasteiger partial charge in [-0.1, -0.05) is 13.2 Å². The Morgan fingerprint density at radius 1 is 1.32 bits per heavy atom. The largest absolute Gasteiger partial charge is 0.394 e. The van der Waals surface area contributed by atoms with E-state index < -0.39 is 43.1 Å². The molecule has 8 nitrogen and oxygen atoms in total. The topological polar surface area (TPSA) is 119 Å². The molecular formula is C11H16N2O6. The standard InChI is InChI=1S/C11H16N2O6/c1-3-7(15)12-11(18)13(4-2)10-9(17)8(16)6(5-14)19-10/h3-4,6,8-10,14,16-17H,1-2,5H2,(H,12,15,18)/t6-,8-,9-,10-/m1/s1. The number of aliphatic hydroxyl groups excluding tert-OH is 3. The number of hydrogen-bond donors (Lipinski definition) is 4. The molecule has 0 radical (unpaired) electrons. The van der Waals surface area contributed by atoms with Crippen LogP contribution in [0.25, 0.3) is 0 Å². The highest BCUT2D eigenvalue weighted by molar-refractivity contribution is 6.00. The summed E-state index contributed by atoms with van der Waals surface area (Å²) in [4.78, 5) is 23.5. The van der Waals surface area contributed by atoms with Crippen LogP contribution in [0.2, 0.25) is 0 Å². The summed E-state index contributed by atoms with van der Waals surface area (Å²) >= 11 is 0. The SMILES string of the molecule is C=CC(=O)NC(=O)N(C=C)[C@@H]1O[C@H](CO)[C@@H](O)[C@H]1O. The van der Waals surface area contributed by atoms with Gasteiger partial charge in [0, 0.05) is 6.20 Å². The summed E-state index contributed by atoms with van der Waals surface area (Å²) in [5, 5.41) is 30.2. The lowest BCUT2D eigenvalue weighted by molar-refractivity contribution is -0.116. The number of urea groups is 1. The Bertz CT molecular complexity index is 385. The van der Waals surface area contributed by atoms with E-state index in [0.29, 0.717) is 0 Å². The molecule has 0 bridgehead atoms. The quantitative estimate of drug-likeness (QED) is 0.453. The zero-order chi connectivity index (χ0) is 14.6. The van der Waals surface area contributed by atoms with E-state index in [0.717, 1.165) is 17.2 Å². The molecule has 4 N–H and O–H groups in total. The van der Waals surface area contributed by atoms with Crippen molar-refractivity contribution in [3.05, 3.63) is 25.4 Å². The Hall–Kier alpha value is -1.74. The fourth-order valence-electron chi connectivity index (χ4n) is 1.63. The van der Waals surface area contributed by atoms with Gasteiger partial charge in [-0.2, -0.15) is 0 Å². The van der Waals surface area contributed by atoms with Crippen molar-refractivity contribution in [1.29, 1.82) is 0 Å². The zero-order valence-corrected chi connectivity index (χ0v) is 10.1. The number of nitrogens with zero attached hydrogens (tertiary/aromatic N) is 1. The second-order valence-electron chi connectivity index (χ2n) is 3.82. The van der Waals surface area contributed by atoms with Crippen molar-refractivity contribution in [2.75, 3.05) is 6.61 Å². The Kier molecular flexibility index (Phi) is 5.19. The molecule has 0 aromatic carbocycles. The smallest absolute Gasteiger partial charge is 0.330 e. The van der Waals surface area contributed by atoms with Crippen molar-refractivity contribution in [1.82, 2.24) is 10.2 Å². The van der Waals surface area contributed by atoms with Crippen LogP contribution in [-0.2, 0) is 9.53 Å². The zero-order valence-electron chi connectivity index (χ0n) is 10.1. The summed E-state index contributed by atoms with van der Waals surface area (Å²) in [6.07, 6.45) is -3.12. The summed E-state index contributed by atoms with van der Waals surface area (Å²) in [6, 6.07) is -0.894. The van der Waals surface area contributed by atoms with Crippen LogP contribution in [0.4, 0.5) is 4.79 Å². The maximum Gasteiger partial charge on any atom is 0.330 e. The Morgan fingerprint density at radius 3 is 2.37 bits per heavy atom. The van der Waals surface area contributed by atoms with Gasteiger partial charge in [-0.3, -0.25) is 15.0 Å². The van der Waals surface area contributed by atoms with E-state index in [1.54, 1.807) is 0 Å². The van der Waals surface area contributed by atoms with Gasteiger partial charge in [0.1, 0.15) is 18.3 Å². The Labute approximate surface area is 109 Å². The molecule has 0 aliphatic carbocycles. The van der Waals surface area contributed by atoms with Gasteiger partial charge in [-0.05, 0) is 6.08 Å². The van der Waals surface area contributed by atoms with Gasteiger partial charge in [0.05, 0.1) is 6.61 Å². The van der Waals surface area contributed by atoms with Gasteiger partial charge in [-0.15, -0.1) is 0 Å². The van der Waals surface area contributed by atoms with Crippen LogP contribution in [0, 0.1) is 0 Å². The van der Waals surface area contributed by atoms with Crippen LogP contribution >= 0.6 is 0 Å². The Morgan fingerprint density at radius 2 is 1.95 bits per heavy atom. The molecule has 0 saturated carbocycles. The molecule has 1 rings (SSSR count). The van der Waals surface area contributed by atoms with Gasteiger partial charge >= 0.3 is 6.03 Å². The molecule has 19 heavy (non-hydrogen) atoms. The van der Waals surface area contributed by atoms with E-state index in [1.165, 1.54) is 0 Å². The third-order valence-corrected chi connectivity index (χ3v) is 2.64. The van der Waals surface area contributed by atoms with Crippen LogP contribution < -0.4 is 5.32 Å². The van der Waals surface area contributed by atoms with Crippen molar-refractivity contribution in [2.45, 2.75) is 24.5 Å². The van der Waals surface area contributed by atoms with Crippen molar-refractivity contribution >= 4 is 11.9 Å². The molecular weight excluding hydrogens is 256 g/mol. The first-order chi connectivity index (χ1) is 8.96. The second kappa shape index (κ2) is 6.43. The maximum absolute atomic E-state index is 11.7. The first-order valence-electron chi connectivity index (χ1n) is 5.47. The molecule has 1 aliphatic heterocycles. The third-order valence-electron chi connectivity index (χ3n) is 2.64. The van der Waals surface area contributed by atoms with E-state index in [2.05, 4.69) is 13.2 Å². The molecule has 106 valence electrons. The lowest BCUT2D eigenvalue weighted by atomic mass is 10.1. The highest BCUT2D eigenvalue weighted by atomic mass is 16.6. The van der Waals surface area contributed by atoms with Crippen molar-refractivity contribution in [3.63, 3.8) is 0 Å². The van der Waals surface area contributed by atoms with Crippen LogP contribution in [0.1, 0.15) is 0 Å². The normalized spacial score (nSPS) is 29.6. The summed E-state index contributed by atoms with van der Waals surface area (Å²) in [7, 11) is 0. The average molecular weight is 272 g/mol. The molecule has 0 spiro atoms. The first-order valence-corrected chi connectivity index (χ1v) is 5.47. The number of imide groups is 1. The molecule has 0 unspecified atom stereocenters. The molecule has 0 aromatic rings. The van der Waals surface area contributed by atoms with Crippen molar-refractivity contribution in [2.24, 2.45) is 0 Å². The number of ether oxygens (including phenoxy) is 1. The summed E-state index contributed by atoms with van der Waals surface area (Å²) in [5.41, 5.74) is 0. The van der Waals surface area contributed by atoms with Crippen molar-refractivity contribution < 1.29 is 29.6 Å². The highest BCUT2D eigenvalue weighted by Gasteiger charge is 2.46. The summed E-state index contributed by atoms with van der Waals surface area (Å²) < 4.78 is 5.13. The number of carbonyl (C=O) groups is 2. The predicted octanol–water partition coefficient (Wildman–Crippen LogP) is -1.71. The van der Waals surface area contributed by atoms with Gasteiger partial charge < -0.3 is 20.1 Å². The maximum atomic E-state index is 11.7. The Balaban J connectivity index is 2.80. The lowest BCUT2D eigenvalue weighted by Gasteiger charge is -2.26. The van der Waals surface area contributed by atoms with Crippen LogP contribution in [0.3, 0.4) is 0 Å². The molecule has 1 fully saturated rings. The lowest BCUT2D eigenvalue weighted by Crippen LogP contribution is -2.49. The molecule has 1 saturated heterocycles. The van der Waals surface area contributed by atoms with E-state index in [1.807, 2.05) is 5.32 Å². The van der Waals surface area contributed by atoms with Gasteiger partial charge in [0.2, 0.25) is 0 Å². The van der Waals surface area contributed by atoms with Crippen LogP contribution in [0.5, 0.6) is 0 Å². The van der Waals surface area contributed by atoms with Crippen molar-refractivity contribution in [3.8, 4) is 0 Å². The minimum Gasteiger partial charge on any atom is -0.394 e. The number of amides is 3. The minimum absolute atomic E-state index is 0.521. The molecule has 3 amide bonds. The fourth-order valence-corrected chi connectivity index (χ4v) is 1.63. The number of carbonyl (C=O) groups excluding carboxylic acids is 2. The number of hydrogen-bond acceptors (Lipinski definition) is 6. The first kappa shape index (κ1) is 15.3. The number of aliphatic hydroxyl groups is 3. The predicted molar refractivity (Wildman–Crippen MR) is 63.5 cm³/mol. The van der Waals surface area contributed by atoms with Crippen LogP contribution in [0.15, 0.2) is 25.4 Å². The summed E-state index contributed by atoms with van der Waals surface area (Å²) in [6.45, 7) is 6.03. The number of rotatable bonds is 4.